The van der Waals surface area contributed by atoms with E-state index in [4.69, 9.17) is 0 Å². The minimum Gasteiger partial charge on any atom is -0.508 e. The van der Waals surface area contributed by atoms with Gasteiger partial charge in [0.2, 0.25) is 6.33 Å². The highest BCUT2D eigenvalue weighted by Crippen LogP contribution is 2.20. The van der Waals surface area contributed by atoms with Gasteiger partial charge in [0.05, 0.1) is 7.05 Å². The van der Waals surface area contributed by atoms with Crippen LogP contribution in [0.5, 0.6) is 5.75 Å². The second kappa shape index (κ2) is 4.91. The van der Waals surface area contributed by atoms with Gasteiger partial charge in [-0.05, 0) is 18.6 Å². The van der Waals surface area contributed by atoms with E-state index in [2.05, 4.69) is 5.32 Å². The third kappa shape index (κ3) is 2.88. The van der Waals surface area contributed by atoms with Gasteiger partial charge in [-0.25, -0.2) is 9.13 Å². The summed E-state index contributed by atoms with van der Waals surface area (Å²) in [7, 11) is 1.90. The number of imidazole rings is 1. The van der Waals surface area contributed by atoms with Crippen LogP contribution in [0.15, 0.2) is 36.9 Å². The molecule has 0 radical (unpaired) electrons. The number of phenols is 1. The molecule has 2 N–H and O–H groups in total. The smallest absolute Gasteiger partial charge is 0.266 e. The first-order valence-corrected chi connectivity index (χ1v) is 5.65. The number of rotatable bonds is 3. The Hall–Kier alpha value is -2.30. The zero-order valence-corrected chi connectivity index (χ0v) is 10.4. The Morgan fingerprint density at radius 3 is 2.89 bits per heavy atom. The fourth-order valence-electron chi connectivity index (χ4n) is 1.65. The first-order valence-electron chi connectivity index (χ1n) is 5.65. The molecule has 1 aromatic carbocycles. The summed E-state index contributed by atoms with van der Waals surface area (Å²) in [6.45, 7) is 2.05. The molecule has 0 unspecified atom stereocenters. The first-order chi connectivity index (χ1) is 8.54. The molecular weight excluding hydrogens is 230 g/mol. The molecule has 0 fully saturated rings. The van der Waals surface area contributed by atoms with E-state index in [1.807, 2.05) is 30.3 Å². The summed E-state index contributed by atoms with van der Waals surface area (Å²) >= 11 is 0. The van der Waals surface area contributed by atoms with E-state index in [9.17, 15) is 9.90 Å². The third-order valence-corrected chi connectivity index (χ3v) is 2.64. The van der Waals surface area contributed by atoms with Crippen LogP contribution in [0.2, 0.25) is 0 Å². The number of nitrogens with one attached hydrogen (secondary N) is 1. The molecule has 2 rings (SSSR count). The molecule has 0 spiro atoms. The van der Waals surface area contributed by atoms with Gasteiger partial charge in [-0.15, -0.1) is 0 Å². The van der Waals surface area contributed by atoms with E-state index in [1.54, 1.807) is 29.7 Å². The van der Waals surface area contributed by atoms with Crippen LogP contribution in [-0.2, 0) is 18.4 Å². The van der Waals surface area contributed by atoms with Crippen LogP contribution < -0.4 is 9.88 Å². The van der Waals surface area contributed by atoms with Gasteiger partial charge in [0.1, 0.15) is 18.1 Å². The minimum atomic E-state index is -0.130. The number of carbonyl (C=O) groups is 1. The van der Waals surface area contributed by atoms with Gasteiger partial charge in [-0.2, -0.15) is 0 Å². The normalized spacial score (nSPS) is 10.3. The summed E-state index contributed by atoms with van der Waals surface area (Å²) in [4.78, 5) is 11.8. The Kier molecular flexibility index (Phi) is 3.32. The van der Waals surface area contributed by atoms with Crippen molar-refractivity contribution in [3.63, 3.8) is 0 Å². The average Bonchev–Trinajstić information content (AvgIpc) is 2.69. The van der Waals surface area contributed by atoms with Gasteiger partial charge < -0.3 is 10.4 Å². The number of aromatic hydroxyl groups is 1. The van der Waals surface area contributed by atoms with Crippen LogP contribution in [0, 0.1) is 6.92 Å². The van der Waals surface area contributed by atoms with Crippen LogP contribution in [-0.4, -0.2) is 15.6 Å². The van der Waals surface area contributed by atoms with Crippen molar-refractivity contribution >= 4 is 11.6 Å². The number of anilines is 1. The number of amides is 1. The molecule has 1 heterocycles. The number of aromatic nitrogens is 2. The lowest BCUT2D eigenvalue weighted by atomic mass is 10.2. The lowest BCUT2D eigenvalue weighted by molar-refractivity contribution is -0.671. The number of hydrogen-bond acceptors (Lipinski definition) is 2. The second-order valence-electron chi connectivity index (χ2n) is 4.30. The molecule has 0 aliphatic rings. The predicted molar refractivity (Wildman–Crippen MR) is 67.1 cm³/mol. The van der Waals surface area contributed by atoms with Crippen molar-refractivity contribution in [2.24, 2.45) is 7.05 Å². The summed E-state index contributed by atoms with van der Waals surface area (Å²) in [5, 5.41) is 12.3. The Labute approximate surface area is 105 Å². The average molecular weight is 246 g/mol. The highest BCUT2D eigenvalue weighted by Gasteiger charge is 2.08. The van der Waals surface area contributed by atoms with Gasteiger partial charge in [-0.1, -0.05) is 6.07 Å². The van der Waals surface area contributed by atoms with Crippen LogP contribution in [0.1, 0.15) is 5.56 Å². The van der Waals surface area contributed by atoms with Crippen LogP contribution in [0.25, 0.3) is 0 Å². The summed E-state index contributed by atoms with van der Waals surface area (Å²) in [6, 6.07) is 5.08. The summed E-state index contributed by atoms with van der Waals surface area (Å²) < 4.78 is 3.65. The van der Waals surface area contributed by atoms with Gasteiger partial charge in [0, 0.05) is 11.8 Å². The van der Waals surface area contributed by atoms with E-state index in [0.29, 0.717) is 5.69 Å². The quantitative estimate of drug-likeness (QED) is 0.793. The minimum absolute atomic E-state index is 0.130. The number of carbonyl (C=O) groups excluding carboxylic acids is 1. The maximum Gasteiger partial charge on any atom is 0.266 e. The Bertz CT molecular complexity index is 575. The number of phenolic OH excluding ortho intramolecular Hbond substituents is 1. The molecule has 0 atom stereocenters. The maximum atomic E-state index is 11.8. The molecule has 1 amide bonds. The van der Waals surface area contributed by atoms with Gasteiger partial charge >= 0.3 is 0 Å². The largest absolute Gasteiger partial charge is 0.508 e. The fourth-order valence-corrected chi connectivity index (χ4v) is 1.65. The monoisotopic (exact) mass is 246 g/mol. The number of hydrogen-bond donors (Lipinski definition) is 2. The number of nitrogens with zero attached hydrogens (tertiary/aromatic N) is 2. The highest BCUT2D eigenvalue weighted by molar-refractivity contribution is 5.90. The molecule has 0 saturated heterocycles. The maximum absolute atomic E-state index is 11.8. The summed E-state index contributed by atoms with van der Waals surface area (Å²) in [6.07, 6.45) is 5.52. The van der Waals surface area contributed by atoms with Crippen molar-refractivity contribution in [1.82, 2.24) is 4.57 Å². The highest BCUT2D eigenvalue weighted by atomic mass is 16.3. The lowest BCUT2D eigenvalue weighted by Crippen LogP contribution is -2.25. The molecule has 5 nitrogen and oxygen atoms in total. The Morgan fingerprint density at radius 2 is 2.28 bits per heavy atom. The predicted octanol–water partition coefficient (Wildman–Crippen LogP) is 0.965. The summed E-state index contributed by atoms with van der Waals surface area (Å²) in [5.74, 6) is 0.0506. The van der Waals surface area contributed by atoms with Gasteiger partial charge in [-0.3, -0.25) is 4.79 Å². The summed E-state index contributed by atoms with van der Waals surface area (Å²) in [5.41, 5.74) is 1.38. The van der Waals surface area contributed by atoms with Crippen molar-refractivity contribution < 1.29 is 14.5 Å². The standard InChI is InChI=1S/C13H15N3O2/c1-10-3-4-11(7-12(10)17)14-13(18)8-16-6-5-15(2)9-16/h3-7,9H,8H2,1-2H3,(H-,14,17,18)/p+1. The van der Waals surface area contributed by atoms with E-state index in [-0.39, 0.29) is 18.2 Å². The molecule has 2 aromatic rings. The van der Waals surface area contributed by atoms with E-state index >= 15 is 0 Å². The van der Waals surface area contributed by atoms with Crippen molar-refractivity contribution in [1.29, 1.82) is 0 Å². The molecule has 1 aromatic heterocycles. The van der Waals surface area contributed by atoms with Crippen molar-refractivity contribution in [3.05, 3.63) is 42.5 Å². The lowest BCUT2D eigenvalue weighted by Gasteiger charge is -2.05. The van der Waals surface area contributed by atoms with Crippen LogP contribution in [0.3, 0.4) is 0 Å². The zero-order valence-electron chi connectivity index (χ0n) is 10.4. The third-order valence-electron chi connectivity index (χ3n) is 2.64. The molecular formula is C13H16N3O2+. The SMILES string of the molecule is Cc1ccc(NC(=O)Cn2cc[n+](C)c2)cc1O. The molecule has 0 saturated carbocycles. The number of benzene rings is 1. The molecule has 18 heavy (non-hydrogen) atoms. The van der Waals surface area contributed by atoms with E-state index in [1.165, 1.54) is 0 Å². The van der Waals surface area contributed by atoms with Gasteiger partial charge in [0.15, 0.2) is 6.54 Å². The fraction of sp³-hybridized carbons (Fsp3) is 0.231. The molecule has 0 aliphatic heterocycles. The van der Waals surface area contributed by atoms with Crippen molar-refractivity contribution in [2.75, 3.05) is 5.32 Å². The molecule has 5 heteroatoms. The van der Waals surface area contributed by atoms with E-state index < -0.39 is 0 Å². The number of aryl methyl sites for hydroxylation is 2. The van der Waals surface area contributed by atoms with Crippen molar-refractivity contribution in [2.45, 2.75) is 13.5 Å². The first kappa shape index (κ1) is 12.2. The molecule has 0 bridgehead atoms. The van der Waals surface area contributed by atoms with Gasteiger partial charge in [0.25, 0.3) is 5.91 Å². The second-order valence-corrected chi connectivity index (χ2v) is 4.30. The molecule has 94 valence electrons. The topological polar surface area (TPSA) is 58.1 Å². The van der Waals surface area contributed by atoms with E-state index in [0.717, 1.165) is 5.56 Å². The Morgan fingerprint density at radius 1 is 1.50 bits per heavy atom. The van der Waals surface area contributed by atoms with Crippen molar-refractivity contribution in [3.8, 4) is 5.75 Å². The zero-order chi connectivity index (χ0) is 13.1. The van der Waals surface area contributed by atoms with Crippen LogP contribution in [0.4, 0.5) is 5.69 Å². The van der Waals surface area contributed by atoms with Crippen LogP contribution >= 0.6 is 0 Å². The molecule has 0 aliphatic carbocycles. The Balaban J connectivity index is 2.00.